The highest BCUT2D eigenvalue weighted by molar-refractivity contribution is 7.18. The summed E-state index contributed by atoms with van der Waals surface area (Å²) < 4.78 is 0. The minimum atomic E-state index is 0.428. The second kappa shape index (κ2) is 6.88. The van der Waals surface area contributed by atoms with E-state index in [0.29, 0.717) is 6.04 Å². The van der Waals surface area contributed by atoms with Crippen molar-refractivity contribution in [2.45, 2.75) is 53.0 Å². The summed E-state index contributed by atoms with van der Waals surface area (Å²) in [5.74, 6) is 1.68. The molecule has 4 nitrogen and oxygen atoms in total. The molecule has 0 aliphatic rings. The molecular weight excluding hydrogens is 268 g/mol. The predicted molar refractivity (Wildman–Crippen MR) is 88.9 cm³/mol. The Morgan fingerprint density at radius 1 is 1.25 bits per heavy atom. The topological polar surface area (TPSA) is 49.8 Å². The first kappa shape index (κ1) is 15.0. The average Bonchev–Trinajstić information content (AvgIpc) is 2.82. The molecule has 0 saturated heterocycles. The summed E-state index contributed by atoms with van der Waals surface area (Å²) in [7, 11) is 0. The van der Waals surface area contributed by atoms with Gasteiger partial charge in [0.1, 0.15) is 10.6 Å². The largest absolute Gasteiger partial charge is 0.367 e. The molecule has 5 heteroatoms. The summed E-state index contributed by atoms with van der Waals surface area (Å²) >= 11 is 1.76. The van der Waals surface area contributed by atoms with Gasteiger partial charge in [-0.1, -0.05) is 20.3 Å². The molecule has 0 aromatic carbocycles. The Morgan fingerprint density at radius 3 is 2.70 bits per heavy atom. The Bertz CT molecular complexity index is 564. The van der Waals surface area contributed by atoms with Crippen molar-refractivity contribution in [3.63, 3.8) is 0 Å². The van der Waals surface area contributed by atoms with E-state index in [0.717, 1.165) is 41.4 Å². The molecule has 2 heterocycles. The zero-order valence-electron chi connectivity index (χ0n) is 12.8. The van der Waals surface area contributed by atoms with E-state index in [-0.39, 0.29) is 0 Å². The molecule has 0 aliphatic carbocycles. The van der Waals surface area contributed by atoms with E-state index in [1.165, 1.54) is 11.3 Å². The Balaban J connectivity index is 2.39. The molecule has 0 bridgehead atoms. The number of anilines is 2. The highest BCUT2D eigenvalue weighted by atomic mass is 32.1. The lowest BCUT2D eigenvalue weighted by Gasteiger charge is -2.15. The molecule has 0 saturated carbocycles. The molecular formula is C15H24N4S. The highest BCUT2D eigenvalue weighted by Crippen LogP contribution is 2.30. The number of nitrogens with one attached hydrogen (secondary N) is 2. The van der Waals surface area contributed by atoms with Crippen LogP contribution in [0.25, 0.3) is 10.2 Å². The Hall–Kier alpha value is -1.36. The van der Waals surface area contributed by atoms with E-state index in [9.17, 15) is 0 Å². The molecule has 2 aromatic rings. The van der Waals surface area contributed by atoms with Crippen LogP contribution in [0.3, 0.4) is 0 Å². The highest BCUT2D eigenvalue weighted by Gasteiger charge is 2.12. The summed E-state index contributed by atoms with van der Waals surface area (Å²) in [5.41, 5.74) is 0. The maximum absolute atomic E-state index is 4.63. The fourth-order valence-corrected chi connectivity index (χ4v) is 3.20. The van der Waals surface area contributed by atoms with Crippen LogP contribution in [0.2, 0.25) is 0 Å². The number of nitrogens with zero attached hydrogens (tertiary/aromatic N) is 2. The van der Waals surface area contributed by atoms with E-state index in [1.807, 2.05) is 0 Å². The monoisotopic (exact) mass is 292 g/mol. The van der Waals surface area contributed by atoms with Gasteiger partial charge in [0, 0.05) is 17.5 Å². The van der Waals surface area contributed by atoms with Gasteiger partial charge in [0.2, 0.25) is 5.95 Å². The van der Waals surface area contributed by atoms with E-state index in [4.69, 9.17) is 0 Å². The van der Waals surface area contributed by atoms with Gasteiger partial charge in [-0.25, -0.2) is 4.98 Å². The number of aryl methyl sites for hydroxylation is 1. The summed E-state index contributed by atoms with van der Waals surface area (Å²) in [4.78, 5) is 11.7. The maximum Gasteiger partial charge on any atom is 0.226 e. The molecule has 20 heavy (non-hydrogen) atoms. The van der Waals surface area contributed by atoms with Gasteiger partial charge in [0.25, 0.3) is 0 Å². The number of fused-ring (bicyclic) bond motifs is 1. The molecule has 0 spiro atoms. The van der Waals surface area contributed by atoms with Gasteiger partial charge in [0.15, 0.2) is 0 Å². The molecule has 2 rings (SSSR count). The predicted octanol–water partition coefficient (Wildman–Crippen LogP) is 4.29. The molecule has 110 valence electrons. The summed E-state index contributed by atoms with van der Waals surface area (Å²) in [6, 6.07) is 2.65. The molecule has 1 unspecified atom stereocenters. The van der Waals surface area contributed by atoms with E-state index < -0.39 is 0 Å². The van der Waals surface area contributed by atoms with Crippen LogP contribution in [-0.4, -0.2) is 22.6 Å². The van der Waals surface area contributed by atoms with Crippen molar-refractivity contribution in [2.24, 2.45) is 0 Å². The van der Waals surface area contributed by atoms with Crippen molar-refractivity contribution in [3.8, 4) is 0 Å². The lowest BCUT2D eigenvalue weighted by atomic mass is 10.2. The lowest BCUT2D eigenvalue weighted by Crippen LogP contribution is -2.16. The number of hydrogen-bond acceptors (Lipinski definition) is 5. The molecule has 0 radical (unpaired) electrons. The molecule has 2 aromatic heterocycles. The van der Waals surface area contributed by atoms with Crippen LogP contribution in [0, 0.1) is 0 Å². The van der Waals surface area contributed by atoms with E-state index >= 15 is 0 Å². The van der Waals surface area contributed by atoms with Gasteiger partial charge in [-0.3, -0.25) is 0 Å². The van der Waals surface area contributed by atoms with Crippen LogP contribution < -0.4 is 10.6 Å². The van der Waals surface area contributed by atoms with E-state index in [2.05, 4.69) is 54.4 Å². The first-order valence-electron chi connectivity index (χ1n) is 7.48. The number of thiophene rings is 1. The van der Waals surface area contributed by atoms with Crippen LogP contribution in [0.4, 0.5) is 11.8 Å². The third-order valence-electron chi connectivity index (χ3n) is 3.23. The van der Waals surface area contributed by atoms with Gasteiger partial charge >= 0.3 is 0 Å². The summed E-state index contributed by atoms with van der Waals surface area (Å²) in [6.07, 6.45) is 3.36. The van der Waals surface area contributed by atoms with Crippen LogP contribution in [0.1, 0.15) is 45.4 Å². The van der Waals surface area contributed by atoms with Gasteiger partial charge in [-0.05, 0) is 32.8 Å². The fourth-order valence-electron chi connectivity index (χ4n) is 2.23. The summed E-state index contributed by atoms with van der Waals surface area (Å²) in [5, 5.41) is 7.90. The third kappa shape index (κ3) is 3.39. The lowest BCUT2D eigenvalue weighted by molar-refractivity contribution is 0.688. The normalized spacial score (nSPS) is 12.6. The first-order chi connectivity index (χ1) is 9.67. The fraction of sp³-hybridized carbons (Fsp3) is 0.600. The van der Waals surface area contributed by atoms with Crippen molar-refractivity contribution < 1.29 is 0 Å². The van der Waals surface area contributed by atoms with Gasteiger partial charge in [-0.15, -0.1) is 11.3 Å². The molecule has 2 N–H and O–H groups in total. The quantitative estimate of drug-likeness (QED) is 0.799. The van der Waals surface area contributed by atoms with Crippen molar-refractivity contribution in [2.75, 3.05) is 17.2 Å². The third-order valence-corrected chi connectivity index (χ3v) is 4.41. The molecule has 0 amide bonds. The Labute approximate surface area is 125 Å². The molecule has 1 atom stereocenters. The standard InChI is InChI=1S/C15H24N4S/c1-5-8-10(4)17-13-12-9-11(6-2)20-14(12)19-15(18-13)16-7-3/h9-10H,5-8H2,1-4H3,(H2,16,17,18,19). The van der Waals surface area contributed by atoms with Crippen LogP contribution in [0.15, 0.2) is 6.07 Å². The Kier molecular flexibility index (Phi) is 5.17. The van der Waals surface area contributed by atoms with Gasteiger partial charge in [-0.2, -0.15) is 4.98 Å². The SMILES string of the molecule is CCCC(C)Nc1nc(NCC)nc2sc(CC)cc12. The summed E-state index contributed by atoms with van der Waals surface area (Å²) in [6.45, 7) is 9.49. The van der Waals surface area contributed by atoms with Crippen LogP contribution in [-0.2, 0) is 6.42 Å². The smallest absolute Gasteiger partial charge is 0.226 e. The van der Waals surface area contributed by atoms with Crippen LogP contribution >= 0.6 is 11.3 Å². The maximum atomic E-state index is 4.63. The number of rotatable bonds is 7. The number of aromatic nitrogens is 2. The molecule has 0 aliphatic heterocycles. The zero-order chi connectivity index (χ0) is 14.5. The minimum Gasteiger partial charge on any atom is -0.367 e. The molecule has 0 fully saturated rings. The second-order valence-electron chi connectivity index (χ2n) is 5.05. The zero-order valence-corrected chi connectivity index (χ0v) is 13.6. The van der Waals surface area contributed by atoms with Crippen molar-refractivity contribution in [1.82, 2.24) is 9.97 Å². The van der Waals surface area contributed by atoms with E-state index in [1.54, 1.807) is 11.3 Å². The Morgan fingerprint density at radius 2 is 2.05 bits per heavy atom. The van der Waals surface area contributed by atoms with Crippen molar-refractivity contribution in [3.05, 3.63) is 10.9 Å². The second-order valence-corrected chi connectivity index (χ2v) is 6.16. The van der Waals surface area contributed by atoms with Crippen LogP contribution in [0.5, 0.6) is 0 Å². The average molecular weight is 292 g/mol. The first-order valence-corrected chi connectivity index (χ1v) is 8.30. The van der Waals surface area contributed by atoms with Crippen molar-refractivity contribution in [1.29, 1.82) is 0 Å². The van der Waals surface area contributed by atoms with Gasteiger partial charge < -0.3 is 10.6 Å². The minimum absolute atomic E-state index is 0.428. The number of hydrogen-bond donors (Lipinski definition) is 2. The van der Waals surface area contributed by atoms with Crippen molar-refractivity contribution >= 4 is 33.3 Å². The van der Waals surface area contributed by atoms with Gasteiger partial charge in [0.05, 0.1) is 5.39 Å².